The Morgan fingerprint density at radius 1 is 1.17 bits per heavy atom. The summed E-state index contributed by atoms with van der Waals surface area (Å²) in [5.74, 6) is 0. The lowest BCUT2D eigenvalue weighted by Gasteiger charge is -2.07. The molecule has 0 aliphatic rings. The number of carbonyl (C=O) groups excluding carboxylic acids is 1. The zero-order valence-electron chi connectivity index (χ0n) is 10.9. The van der Waals surface area contributed by atoms with E-state index in [0.717, 1.165) is 18.4 Å². The second kappa shape index (κ2) is 9.48. The highest BCUT2D eigenvalue weighted by molar-refractivity contribution is 5.65. The minimum atomic E-state index is -0.526. The van der Waals surface area contributed by atoms with Gasteiger partial charge in [0.05, 0.1) is 13.2 Å². The van der Waals surface area contributed by atoms with Crippen molar-refractivity contribution in [3.63, 3.8) is 0 Å². The maximum atomic E-state index is 11.2. The summed E-state index contributed by atoms with van der Waals surface area (Å²) >= 11 is 0. The summed E-state index contributed by atoms with van der Waals surface area (Å²) in [7, 11) is 0. The third kappa shape index (κ3) is 6.91. The van der Waals surface area contributed by atoms with Crippen LogP contribution in [-0.2, 0) is 16.2 Å². The molecule has 1 rings (SSSR count). The lowest BCUT2D eigenvalue weighted by atomic mass is 10.2. The molecule has 0 unspecified atom stereocenters. The molecule has 0 heterocycles. The van der Waals surface area contributed by atoms with Gasteiger partial charge in [-0.3, -0.25) is 4.84 Å². The second-order valence-corrected chi connectivity index (χ2v) is 4.07. The minimum Gasteiger partial charge on any atom is -0.448 e. The van der Waals surface area contributed by atoms with Gasteiger partial charge in [0.1, 0.15) is 0 Å². The Bertz CT molecular complexity index is 327. The van der Waals surface area contributed by atoms with E-state index in [4.69, 9.17) is 9.57 Å². The molecule has 0 aliphatic carbocycles. The van der Waals surface area contributed by atoms with Crippen molar-refractivity contribution in [3.8, 4) is 0 Å². The summed E-state index contributed by atoms with van der Waals surface area (Å²) in [6.45, 7) is 2.93. The number of hydroxylamine groups is 1. The van der Waals surface area contributed by atoms with Crippen molar-refractivity contribution in [1.29, 1.82) is 0 Å². The van der Waals surface area contributed by atoms with Gasteiger partial charge in [-0.25, -0.2) is 4.79 Å². The fourth-order valence-corrected chi connectivity index (χ4v) is 1.48. The monoisotopic (exact) mass is 251 g/mol. The highest BCUT2D eigenvalue weighted by Crippen LogP contribution is 2.00. The molecule has 0 aliphatic heterocycles. The molecule has 1 aromatic rings. The smallest absolute Gasteiger partial charge is 0.431 e. The third-order valence-corrected chi connectivity index (χ3v) is 2.47. The predicted octanol–water partition coefficient (Wildman–Crippen LogP) is 3.42. The third-order valence-electron chi connectivity index (χ3n) is 2.47. The summed E-state index contributed by atoms with van der Waals surface area (Å²) in [6.07, 6.45) is 3.82. The van der Waals surface area contributed by atoms with Gasteiger partial charge in [0.25, 0.3) is 0 Å². The van der Waals surface area contributed by atoms with Crippen LogP contribution >= 0.6 is 0 Å². The second-order valence-electron chi connectivity index (χ2n) is 4.07. The van der Waals surface area contributed by atoms with Crippen molar-refractivity contribution in [1.82, 2.24) is 5.48 Å². The Morgan fingerprint density at radius 3 is 2.67 bits per heavy atom. The standard InChI is InChI=1S/C14H21NO3/c1-2-3-4-8-11-17-14(16)15-18-12-13-9-6-5-7-10-13/h5-7,9-10H,2-4,8,11-12H2,1H3,(H,15,16). The van der Waals surface area contributed by atoms with Gasteiger partial charge in [0, 0.05) is 0 Å². The zero-order valence-corrected chi connectivity index (χ0v) is 10.9. The van der Waals surface area contributed by atoms with Crippen LogP contribution in [0, 0.1) is 0 Å². The predicted molar refractivity (Wildman–Crippen MR) is 69.9 cm³/mol. The number of nitrogens with one attached hydrogen (secondary N) is 1. The van der Waals surface area contributed by atoms with E-state index in [1.165, 1.54) is 12.8 Å². The molecule has 4 heteroatoms. The molecule has 0 bridgehead atoms. The summed E-state index contributed by atoms with van der Waals surface area (Å²) in [4.78, 5) is 16.2. The van der Waals surface area contributed by atoms with Crippen LogP contribution in [0.1, 0.15) is 38.2 Å². The first kappa shape index (κ1) is 14.5. The van der Waals surface area contributed by atoms with Crippen LogP contribution in [0.3, 0.4) is 0 Å². The van der Waals surface area contributed by atoms with Crippen LogP contribution in [0.2, 0.25) is 0 Å². The lowest BCUT2D eigenvalue weighted by Crippen LogP contribution is -2.24. The molecular formula is C14H21NO3. The van der Waals surface area contributed by atoms with Crippen molar-refractivity contribution >= 4 is 6.09 Å². The number of carbonyl (C=O) groups is 1. The molecule has 0 fully saturated rings. The van der Waals surface area contributed by atoms with Crippen LogP contribution < -0.4 is 5.48 Å². The van der Waals surface area contributed by atoms with E-state index in [2.05, 4.69) is 12.4 Å². The number of hydrogen-bond acceptors (Lipinski definition) is 3. The van der Waals surface area contributed by atoms with Crippen LogP contribution in [0.4, 0.5) is 4.79 Å². The van der Waals surface area contributed by atoms with Gasteiger partial charge in [0.15, 0.2) is 0 Å². The number of rotatable bonds is 8. The van der Waals surface area contributed by atoms with E-state index in [-0.39, 0.29) is 0 Å². The molecule has 0 radical (unpaired) electrons. The molecule has 18 heavy (non-hydrogen) atoms. The van der Waals surface area contributed by atoms with Crippen LogP contribution in [0.5, 0.6) is 0 Å². The Labute approximate surface area is 108 Å². The van der Waals surface area contributed by atoms with Crippen LogP contribution in [0.25, 0.3) is 0 Å². The van der Waals surface area contributed by atoms with Crippen LogP contribution in [-0.4, -0.2) is 12.7 Å². The number of amides is 1. The summed E-state index contributed by atoms with van der Waals surface area (Å²) in [5, 5.41) is 0. The highest BCUT2D eigenvalue weighted by atomic mass is 16.7. The number of unbranched alkanes of at least 4 members (excludes halogenated alkanes) is 3. The van der Waals surface area contributed by atoms with Gasteiger partial charge in [-0.1, -0.05) is 56.5 Å². The van der Waals surface area contributed by atoms with E-state index in [1.54, 1.807) is 0 Å². The minimum absolute atomic E-state index is 0.339. The molecule has 4 nitrogen and oxygen atoms in total. The number of benzene rings is 1. The molecule has 0 spiro atoms. The molecule has 0 atom stereocenters. The zero-order chi connectivity index (χ0) is 13.1. The Kier molecular flexibility index (Phi) is 7.64. The fraction of sp³-hybridized carbons (Fsp3) is 0.500. The topological polar surface area (TPSA) is 47.6 Å². The average Bonchev–Trinajstić information content (AvgIpc) is 2.40. The van der Waals surface area contributed by atoms with Gasteiger partial charge in [-0.05, 0) is 12.0 Å². The van der Waals surface area contributed by atoms with E-state index < -0.39 is 6.09 Å². The Morgan fingerprint density at radius 2 is 1.94 bits per heavy atom. The first-order valence-corrected chi connectivity index (χ1v) is 6.41. The van der Waals surface area contributed by atoms with Crippen molar-refractivity contribution in [2.45, 2.75) is 39.2 Å². The molecule has 0 saturated carbocycles. The van der Waals surface area contributed by atoms with Gasteiger partial charge >= 0.3 is 6.09 Å². The van der Waals surface area contributed by atoms with Crippen molar-refractivity contribution < 1.29 is 14.4 Å². The Balaban J connectivity index is 2.00. The van der Waals surface area contributed by atoms with Gasteiger partial charge < -0.3 is 4.74 Å². The van der Waals surface area contributed by atoms with Crippen molar-refractivity contribution in [2.75, 3.05) is 6.61 Å². The first-order valence-electron chi connectivity index (χ1n) is 6.41. The van der Waals surface area contributed by atoms with Gasteiger partial charge in [-0.2, -0.15) is 5.48 Å². The maximum absolute atomic E-state index is 11.2. The molecule has 0 aromatic heterocycles. The SMILES string of the molecule is CCCCCCOC(=O)NOCc1ccccc1. The molecule has 100 valence electrons. The van der Waals surface area contributed by atoms with Crippen molar-refractivity contribution in [2.24, 2.45) is 0 Å². The van der Waals surface area contributed by atoms with Gasteiger partial charge in [-0.15, -0.1) is 0 Å². The van der Waals surface area contributed by atoms with Crippen LogP contribution in [0.15, 0.2) is 30.3 Å². The van der Waals surface area contributed by atoms with Gasteiger partial charge in [0.2, 0.25) is 0 Å². The Hall–Kier alpha value is -1.55. The molecule has 1 N–H and O–H groups in total. The summed E-state index contributed by atoms with van der Waals surface area (Å²) in [5.41, 5.74) is 3.26. The van der Waals surface area contributed by atoms with E-state index in [9.17, 15) is 4.79 Å². The average molecular weight is 251 g/mol. The molecular weight excluding hydrogens is 230 g/mol. The lowest BCUT2D eigenvalue weighted by molar-refractivity contribution is 0.0180. The van der Waals surface area contributed by atoms with E-state index in [0.29, 0.717) is 13.2 Å². The quantitative estimate of drug-likeness (QED) is 0.569. The summed E-state index contributed by atoms with van der Waals surface area (Å²) < 4.78 is 4.95. The molecule has 1 amide bonds. The van der Waals surface area contributed by atoms with E-state index >= 15 is 0 Å². The number of ether oxygens (including phenoxy) is 1. The van der Waals surface area contributed by atoms with Crippen molar-refractivity contribution in [3.05, 3.63) is 35.9 Å². The molecule has 0 saturated heterocycles. The highest BCUT2D eigenvalue weighted by Gasteiger charge is 2.01. The fourth-order valence-electron chi connectivity index (χ4n) is 1.48. The normalized spacial score (nSPS) is 10.1. The maximum Gasteiger partial charge on any atom is 0.431 e. The first-order chi connectivity index (χ1) is 8.83. The largest absolute Gasteiger partial charge is 0.448 e. The van der Waals surface area contributed by atoms with E-state index in [1.807, 2.05) is 30.3 Å². The summed E-state index contributed by atoms with van der Waals surface area (Å²) in [6, 6.07) is 9.63. The molecule has 1 aromatic carbocycles. The number of hydrogen-bond donors (Lipinski definition) is 1.